The molecule has 0 amide bonds. The van der Waals surface area contributed by atoms with Gasteiger partial charge in [0, 0.05) is 12.0 Å². The van der Waals surface area contributed by atoms with E-state index in [4.69, 9.17) is 10.3 Å². The normalized spacial score (nSPS) is 10.7. The van der Waals surface area contributed by atoms with Crippen molar-refractivity contribution in [3.63, 3.8) is 0 Å². The molecule has 0 radical (unpaired) electrons. The lowest BCUT2D eigenvalue weighted by atomic mass is 10.0. The zero-order valence-electron chi connectivity index (χ0n) is 9.53. The van der Waals surface area contributed by atoms with Gasteiger partial charge in [0.05, 0.1) is 0 Å². The summed E-state index contributed by atoms with van der Waals surface area (Å²) in [6.45, 7) is 4.61. The largest absolute Gasteiger partial charge is 0.334 e. The van der Waals surface area contributed by atoms with Crippen molar-refractivity contribution in [1.82, 2.24) is 10.1 Å². The molecule has 0 saturated carbocycles. The zero-order chi connectivity index (χ0) is 11.5. The molecule has 1 heterocycles. The molecule has 0 fully saturated rings. The fourth-order valence-electron chi connectivity index (χ4n) is 1.74. The monoisotopic (exact) mass is 217 g/mol. The van der Waals surface area contributed by atoms with E-state index < -0.39 is 0 Å². The first-order valence-corrected chi connectivity index (χ1v) is 5.31. The quantitative estimate of drug-likeness (QED) is 0.852. The molecule has 0 saturated heterocycles. The molecule has 0 bridgehead atoms. The number of aromatic nitrogens is 2. The predicted octanol–water partition coefficient (Wildman–Crippen LogP) is 1.85. The smallest absolute Gasteiger partial charge is 0.258 e. The first-order chi connectivity index (χ1) is 7.72. The highest BCUT2D eigenvalue weighted by molar-refractivity contribution is 5.62. The lowest BCUT2D eigenvalue weighted by Gasteiger charge is -2.03. The van der Waals surface area contributed by atoms with Crippen LogP contribution in [-0.2, 0) is 6.42 Å². The van der Waals surface area contributed by atoms with E-state index in [0.29, 0.717) is 24.7 Å². The molecule has 0 unspecified atom stereocenters. The van der Waals surface area contributed by atoms with Gasteiger partial charge in [-0.1, -0.05) is 23.4 Å². The number of rotatable bonds is 3. The van der Waals surface area contributed by atoms with Crippen LogP contribution in [0, 0.1) is 13.8 Å². The fourth-order valence-corrected chi connectivity index (χ4v) is 1.74. The van der Waals surface area contributed by atoms with Crippen molar-refractivity contribution >= 4 is 0 Å². The van der Waals surface area contributed by atoms with Crippen molar-refractivity contribution in [2.75, 3.05) is 6.54 Å². The predicted molar refractivity (Wildman–Crippen MR) is 62.0 cm³/mol. The molecule has 4 heteroatoms. The Bertz CT molecular complexity index is 471. The van der Waals surface area contributed by atoms with Crippen LogP contribution in [0.5, 0.6) is 0 Å². The highest BCUT2D eigenvalue weighted by atomic mass is 16.5. The first kappa shape index (κ1) is 10.8. The van der Waals surface area contributed by atoms with E-state index >= 15 is 0 Å². The molecular weight excluding hydrogens is 202 g/mol. The van der Waals surface area contributed by atoms with Crippen LogP contribution in [0.2, 0.25) is 0 Å². The van der Waals surface area contributed by atoms with E-state index in [1.54, 1.807) is 0 Å². The number of hydrogen-bond acceptors (Lipinski definition) is 4. The Morgan fingerprint density at radius 3 is 2.56 bits per heavy atom. The van der Waals surface area contributed by atoms with Gasteiger partial charge in [0.2, 0.25) is 0 Å². The Labute approximate surface area is 94.5 Å². The Morgan fingerprint density at radius 1 is 1.25 bits per heavy atom. The third-order valence-corrected chi connectivity index (χ3v) is 2.53. The first-order valence-electron chi connectivity index (χ1n) is 5.31. The van der Waals surface area contributed by atoms with Crippen molar-refractivity contribution in [3.8, 4) is 11.5 Å². The Morgan fingerprint density at radius 2 is 1.94 bits per heavy atom. The highest BCUT2D eigenvalue weighted by Gasteiger charge is 2.12. The van der Waals surface area contributed by atoms with Crippen molar-refractivity contribution in [1.29, 1.82) is 0 Å². The third-order valence-electron chi connectivity index (χ3n) is 2.53. The third kappa shape index (κ3) is 1.97. The molecule has 0 aliphatic carbocycles. The molecule has 0 aliphatic rings. The maximum Gasteiger partial charge on any atom is 0.258 e. The van der Waals surface area contributed by atoms with Gasteiger partial charge in [0.15, 0.2) is 5.82 Å². The molecule has 1 aromatic heterocycles. The van der Waals surface area contributed by atoms with Gasteiger partial charge in [0.1, 0.15) is 0 Å². The van der Waals surface area contributed by atoms with Crippen molar-refractivity contribution < 1.29 is 4.52 Å². The molecular formula is C12H15N3O. The Hall–Kier alpha value is -1.68. The molecule has 0 spiro atoms. The molecule has 2 N–H and O–H groups in total. The standard InChI is InChI=1S/C12H15N3O/c1-8-4-3-5-9(2)11(8)12-14-10(6-7-13)15-16-12/h3-5H,6-7,13H2,1-2H3. The Balaban J connectivity index is 2.42. The summed E-state index contributed by atoms with van der Waals surface area (Å²) in [6, 6.07) is 6.09. The maximum absolute atomic E-state index is 5.45. The molecule has 16 heavy (non-hydrogen) atoms. The van der Waals surface area contributed by atoms with E-state index in [2.05, 4.69) is 10.1 Å². The molecule has 2 aromatic rings. The van der Waals surface area contributed by atoms with Gasteiger partial charge in [0.25, 0.3) is 5.89 Å². The van der Waals surface area contributed by atoms with E-state index in [-0.39, 0.29) is 0 Å². The molecule has 1 aromatic carbocycles. The summed E-state index contributed by atoms with van der Waals surface area (Å²) in [6.07, 6.45) is 0.647. The van der Waals surface area contributed by atoms with Crippen LogP contribution in [-0.4, -0.2) is 16.7 Å². The zero-order valence-corrected chi connectivity index (χ0v) is 9.53. The van der Waals surface area contributed by atoms with Gasteiger partial charge in [-0.2, -0.15) is 4.98 Å². The van der Waals surface area contributed by atoms with Crippen molar-refractivity contribution in [2.24, 2.45) is 5.73 Å². The van der Waals surface area contributed by atoms with Gasteiger partial charge in [-0.05, 0) is 31.5 Å². The molecule has 0 atom stereocenters. The summed E-state index contributed by atoms with van der Waals surface area (Å²) in [4.78, 5) is 4.33. The summed E-state index contributed by atoms with van der Waals surface area (Å²) in [5, 5.41) is 3.90. The van der Waals surface area contributed by atoms with Gasteiger partial charge in [-0.15, -0.1) is 0 Å². The molecule has 4 nitrogen and oxygen atoms in total. The van der Waals surface area contributed by atoms with Gasteiger partial charge in [-0.25, -0.2) is 0 Å². The highest BCUT2D eigenvalue weighted by Crippen LogP contribution is 2.25. The minimum atomic E-state index is 0.533. The summed E-state index contributed by atoms with van der Waals surface area (Å²) in [7, 11) is 0. The molecule has 84 valence electrons. The summed E-state index contributed by atoms with van der Waals surface area (Å²) >= 11 is 0. The Kier molecular flexibility index (Phi) is 3.01. The van der Waals surface area contributed by atoms with Crippen LogP contribution in [0.15, 0.2) is 22.7 Å². The summed E-state index contributed by atoms with van der Waals surface area (Å²) in [5.74, 6) is 1.25. The van der Waals surface area contributed by atoms with Crippen molar-refractivity contribution in [3.05, 3.63) is 35.2 Å². The van der Waals surface area contributed by atoms with Gasteiger partial charge < -0.3 is 10.3 Å². The van der Waals surface area contributed by atoms with Crippen LogP contribution in [0.3, 0.4) is 0 Å². The van der Waals surface area contributed by atoms with E-state index in [0.717, 1.165) is 16.7 Å². The second kappa shape index (κ2) is 4.45. The van der Waals surface area contributed by atoms with Gasteiger partial charge in [-0.3, -0.25) is 0 Å². The van der Waals surface area contributed by atoms with Crippen LogP contribution < -0.4 is 5.73 Å². The van der Waals surface area contributed by atoms with Crippen molar-refractivity contribution in [2.45, 2.75) is 20.3 Å². The number of nitrogens with zero attached hydrogens (tertiary/aromatic N) is 2. The average Bonchev–Trinajstić information content (AvgIpc) is 2.67. The number of hydrogen-bond donors (Lipinski definition) is 1. The fraction of sp³-hybridized carbons (Fsp3) is 0.333. The van der Waals surface area contributed by atoms with E-state index in [1.807, 2.05) is 32.0 Å². The lowest BCUT2D eigenvalue weighted by Crippen LogP contribution is -2.03. The minimum absolute atomic E-state index is 0.533. The van der Waals surface area contributed by atoms with Gasteiger partial charge >= 0.3 is 0 Å². The minimum Gasteiger partial charge on any atom is -0.334 e. The summed E-state index contributed by atoms with van der Waals surface area (Å²) in [5.41, 5.74) is 8.76. The second-order valence-corrected chi connectivity index (χ2v) is 3.82. The number of nitrogens with two attached hydrogens (primary N) is 1. The van der Waals surface area contributed by atoms with E-state index in [9.17, 15) is 0 Å². The molecule has 0 aliphatic heterocycles. The SMILES string of the molecule is Cc1cccc(C)c1-c1nc(CCN)no1. The number of aryl methyl sites for hydroxylation is 2. The number of benzene rings is 1. The topological polar surface area (TPSA) is 64.9 Å². The molecule has 2 rings (SSSR count). The average molecular weight is 217 g/mol. The second-order valence-electron chi connectivity index (χ2n) is 3.82. The maximum atomic E-state index is 5.45. The van der Waals surface area contributed by atoms with Crippen LogP contribution >= 0.6 is 0 Å². The van der Waals surface area contributed by atoms with Crippen LogP contribution in [0.25, 0.3) is 11.5 Å². The summed E-state index contributed by atoms with van der Waals surface area (Å²) < 4.78 is 5.25. The van der Waals surface area contributed by atoms with Crippen LogP contribution in [0.1, 0.15) is 17.0 Å². The van der Waals surface area contributed by atoms with Crippen LogP contribution in [0.4, 0.5) is 0 Å². The lowest BCUT2D eigenvalue weighted by molar-refractivity contribution is 0.422. The van der Waals surface area contributed by atoms with E-state index in [1.165, 1.54) is 0 Å².